The van der Waals surface area contributed by atoms with Crippen molar-refractivity contribution in [3.05, 3.63) is 59.2 Å². The van der Waals surface area contributed by atoms with E-state index in [1.165, 1.54) is 18.2 Å². The lowest BCUT2D eigenvalue weighted by Gasteiger charge is -2.14. The standard InChI is InChI=1S/C22H25BCl2N4O6/c24-10-18(11-25)29-35-14-21(31)26-7-8-27-22(32)15-5-6-19(23(33)34)17(9-15)12-28-20-4-2-1-3-16(20)13-30/h1-6,9,13,28,33-34H,7-8,10-12,14H2,(H,26,31)(H,27,32). The van der Waals surface area contributed by atoms with Gasteiger partial charge in [0.15, 0.2) is 12.9 Å². The Bertz CT molecular complexity index is 1050. The molecule has 0 spiro atoms. The molecule has 5 N–H and O–H groups in total. The van der Waals surface area contributed by atoms with Crippen LogP contribution in [0.2, 0.25) is 0 Å². The van der Waals surface area contributed by atoms with Crippen LogP contribution in [0.5, 0.6) is 0 Å². The molecule has 2 aromatic rings. The first-order valence-corrected chi connectivity index (χ1v) is 11.6. The Morgan fingerprint density at radius 3 is 2.46 bits per heavy atom. The topological polar surface area (TPSA) is 149 Å². The van der Waals surface area contributed by atoms with Crippen LogP contribution >= 0.6 is 23.2 Å². The molecule has 2 amide bonds. The van der Waals surface area contributed by atoms with Gasteiger partial charge in [0.2, 0.25) is 0 Å². The molecule has 2 rings (SSSR count). The van der Waals surface area contributed by atoms with Crippen molar-refractivity contribution in [3.63, 3.8) is 0 Å². The number of para-hydroxylation sites is 1. The molecule has 10 nitrogen and oxygen atoms in total. The number of nitrogens with zero attached hydrogens (tertiary/aromatic N) is 1. The van der Waals surface area contributed by atoms with Gasteiger partial charge in [0.1, 0.15) is 0 Å². The largest absolute Gasteiger partial charge is 0.488 e. The summed E-state index contributed by atoms with van der Waals surface area (Å²) in [4.78, 5) is 40.3. The second kappa shape index (κ2) is 15.0. The van der Waals surface area contributed by atoms with Gasteiger partial charge in [-0.1, -0.05) is 23.4 Å². The third-order valence-electron chi connectivity index (χ3n) is 4.67. The molecule has 0 aliphatic heterocycles. The number of oxime groups is 1. The zero-order chi connectivity index (χ0) is 25.6. The molecule has 35 heavy (non-hydrogen) atoms. The number of carbonyl (C=O) groups is 3. The van der Waals surface area contributed by atoms with E-state index < -0.39 is 18.9 Å². The van der Waals surface area contributed by atoms with Crippen LogP contribution in [0.15, 0.2) is 47.6 Å². The van der Waals surface area contributed by atoms with E-state index in [1.54, 1.807) is 24.3 Å². The monoisotopic (exact) mass is 522 g/mol. The lowest BCUT2D eigenvalue weighted by molar-refractivity contribution is -0.125. The maximum atomic E-state index is 12.5. The Hall–Kier alpha value is -3.12. The fourth-order valence-electron chi connectivity index (χ4n) is 2.90. The van der Waals surface area contributed by atoms with Crippen LogP contribution in [-0.2, 0) is 16.2 Å². The summed E-state index contributed by atoms with van der Waals surface area (Å²) in [6.07, 6.45) is 0.711. The van der Waals surface area contributed by atoms with Gasteiger partial charge in [0.05, 0.1) is 17.5 Å². The predicted molar refractivity (Wildman–Crippen MR) is 136 cm³/mol. The van der Waals surface area contributed by atoms with Crippen molar-refractivity contribution < 1.29 is 29.3 Å². The van der Waals surface area contributed by atoms with E-state index in [0.29, 0.717) is 28.8 Å². The van der Waals surface area contributed by atoms with E-state index in [9.17, 15) is 24.4 Å². The lowest BCUT2D eigenvalue weighted by Crippen LogP contribution is -2.37. The summed E-state index contributed by atoms with van der Waals surface area (Å²) in [6, 6.07) is 11.3. The maximum absolute atomic E-state index is 12.5. The normalized spacial score (nSPS) is 10.2. The highest BCUT2D eigenvalue weighted by molar-refractivity contribution is 6.59. The van der Waals surface area contributed by atoms with Crippen LogP contribution in [0.3, 0.4) is 0 Å². The molecule has 0 bridgehead atoms. The van der Waals surface area contributed by atoms with Crippen molar-refractivity contribution in [2.45, 2.75) is 6.54 Å². The van der Waals surface area contributed by atoms with Crippen molar-refractivity contribution >= 4 is 65.3 Å². The van der Waals surface area contributed by atoms with Gasteiger partial charge in [0.25, 0.3) is 11.8 Å². The molecule has 0 atom stereocenters. The van der Waals surface area contributed by atoms with Gasteiger partial charge in [-0.05, 0) is 35.3 Å². The average molecular weight is 523 g/mol. The van der Waals surface area contributed by atoms with Gasteiger partial charge in [-0.25, -0.2) is 0 Å². The molecular formula is C22H25BCl2N4O6. The third kappa shape index (κ3) is 9.21. The Morgan fingerprint density at radius 2 is 1.77 bits per heavy atom. The minimum Gasteiger partial charge on any atom is -0.423 e. The van der Waals surface area contributed by atoms with E-state index >= 15 is 0 Å². The van der Waals surface area contributed by atoms with Gasteiger partial charge in [-0.15, -0.1) is 23.2 Å². The van der Waals surface area contributed by atoms with Crippen molar-refractivity contribution in [2.24, 2.45) is 5.16 Å². The van der Waals surface area contributed by atoms with Crippen LogP contribution < -0.4 is 21.4 Å². The minimum atomic E-state index is -1.74. The Kier molecular flexibility index (Phi) is 12.1. The highest BCUT2D eigenvalue weighted by Crippen LogP contribution is 2.14. The Morgan fingerprint density at radius 1 is 1.06 bits per heavy atom. The summed E-state index contributed by atoms with van der Waals surface area (Å²) in [7, 11) is -1.74. The van der Waals surface area contributed by atoms with Gasteiger partial charge >= 0.3 is 7.12 Å². The number of halogens is 2. The molecule has 0 saturated heterocycles. The number of amides is 2. The Labute approximate surface area is 212 Å². The summed E-state index contributed by atoms with van der Waals surface area (Å²) in [6.45, 7) is 0.124. The van der Waals surface area contributed by atoms with Crippen LogP contribution in [0.1, 0.15) is 26.3 Å². The second-order valence-electron chi connectivity index (χ2n) is 7.15. The van der Waals surface area contributed by atoms with E-state index in [2.05, 4.69) is 21.1 Å². The number of carbonyl (C=O) groups excluding carboxylic acids is 3. The van der Waals surface area contributed by atoms with Gasteiger partial charge in [-0.3, -0.25) is 14.4 Å². The smallest absolute Gasteiger partial charge is 0.423 e. The number of anilines is 1. The van der Waals surface area contributed by atoms with Gasteiger partial charge in [-0.2, -0.15) is 0 Å². The lowest BCUT2D eigenvalue weighted by atomic mass is 9.76. The predicted octanol–water partition coefficient (Wildman–Crippen LogP) is 0.487. The zero-order valence-electron chi connectivity index (χ0n) is 18.7. The third-order valence-corrected chi connectivity index (χ3v) is 5.29. The quantitative estimate of drug-likeness (QED) is 0.0605. The molecule has 0 aliphatic rings. The van der Waals surface area contributed by atoms with Crippen LogP contribution in [0, 0.1) is 0 Å². The zero-order valence-corrected chi connectivity index (χ0v) is 20.2. The minimum absolute atomic E-state index is 0.0964. The van der Waals surface area contributed by atoms with Gasteiger partial charge < -0.3 is 30.8 Å². The van der Waals surface area contributed by atoms with Crippen molar-refractivity contribution in [3.8, 4) is 0 Å². The van der Waals surface area contributed by atoms with Gasteiger partial charge in [0, 0.05) is 36.4 Å². The second-order valence-corrected chi connectivity index (χ2v) is 7.68. The number of alkyl halides is 2. The summed E-state index contributed by atoms with van der Waals surface area (Å²) >= 11 is 11.2. The SMILES string of the molecule is O=Cc1ccccc1NCc1cc(C(=O)NCCNC(=O)CON=C(CCl)CCl)ccc1B(O)O. The summed E-state index contributed by atoms with van der Waals surface area (Å²) in [5, 5.41) is 31.3. The average Bonchev–Trinajstić information content (AvgIpc) is 2.87. The molecular weight excluding hydrogens is 498 g/mol. The first kappa shape index (κ1) is 28.1. The van der Waals surface area contributed by atoms with Crippen molar-refractivity contribution in [1.29, 1.82) is 0 Å². The molecule has 0 heterocycles. The fourth-order valence-corrected chi connectivity index (χ4v) is 3.28. The van der Waals surface area contributed by atoms with Crippen LogP contribution in [0.4, 0.5) is 5.69 Å². The first-order chi connectivity index (χ1) is 16.9. The molecule has 13 heteroatoms. The maximum Gasteiger partial charge on any atom is 0.488 e. The first-order valence-electron chi connectivity index (χ1n) is 10.5. The van der Waals surface area contributed by atoms with Crippen molar-refractivity contribution in [1.82, 2.24) is 10.6 Å². The number of nitrogens with one attached hydrogen (secondary N) is 3. The summed E-state index contributed by atoms with van der Waals surface area (Å²) < 4.78 is 0. The number of hydrogen-bond donors (Lipinski definition) is 5. The molecule has 0 saturated carbocycles. The molecule has 0 radical (unpaired) electrons. The van der Waals surface area contributed by atoms with Crippen LogP contribution in [0.25, 0.3) is 0 Å². The number of aldehydes is 1. The summed E-state index contributed by atoms with van der Waals surface area (Å²) in [5.74, 6) is -0.655. The van der Waals surface area contributed by atoms with E-state index in [4.69, 9.17) is 28.0 Å². The molecule has 0 aliphatic carbocycles. The molecule has 0 unspecified atom stereocenters. The summed E-state index contributed by atoms with van der Waals surface area (Å²) in [5.41, 5.74) is 2.39. The van der Waals surface area contributed by atoms with E-state index in [-0.39, 0.29) is 49.0 Å². The van der Waals surface area contributed by atoms with E-state index in [0.717, 1.165) is 0 Å². The Balaban J connectivity index is 1.91. The molecule has 2 aromatic carbocycles. The molecule has 186 valence electrons. The number of hydrogen-bond acceptors (Lipinski definition) is 8. The van der Waals surface area contributed by atoms with Crippen LogP contribution in [-0.4, -0.2) is 72.4 Å². The number of benzene rings is 2. The molecule has 0 aromatic heterocycles. The van der Waals surface area contributed by atoms with Crippen molar-refractivity contribution in [2.75, 3.05) is 36.8 Å². The highest BCUT2D eigenvalue weighted by atomic mass is 35.5. The number of rotatable bonds is 14. The highest BCUT2D eigenvalue weighted by Gasteiger charge is 2.18. The van der Waals surface area contributed by atoms with E-state index in [1.807, 2.05) is 0 Å². The molecule has 0 fully saturated rings. The fraction of sp³-hybridized carbons (Fsp3) is 0.273.